The lowest BCUT2D eigenvalue weighted by Crippen LogP contribution is -2.36. The number of amides is 1. The van der Waals surface area contributed by atoms with Crippen LogP contribution in [-0.2, 0) is 9.47 Å². The molecule has 1 rings (SSSR count). The molecule has 0 fully saturated rings. The molecule has 6 nitrogen and oxygen atoms in total. The Morgan fingerprint density at radius 3 is 2.05 bits per heavy atom. The minimum atomic E-state index is -1.05. The predicted molar refractivity (Wildman–Crippen MR) is 77.8 cm³/mol. The summed E-state index contributed by atoms with van der Waals surface area (Å²) >= 11 is 0. The Kier molecular flexibility index (Phi) is 6.84. The number of methoxy groups -OCH3 is 2. The number of hydrogen-bond donors (Lipinski definition) is 1. The molecular formula is C15H21NO5. The molecule has 21 heavy (non-hydrogen) atoms. The second kappa shape index (κ2) is 8.39. The van der Waals surface area contributed by atoms with Crippen LogP contribution in [0.15, 0.2) is 18.2 Å². The van der Waals surface area contributed by atoms with Crippen molar-refractivity contribution < 1.29 is 24.2 Å². The SMILES string of the molecule is COCCN(CCOC)C(=O)c1cc(C)cc(C(=O)O)c1. The number of benzene rings is 1. The van der Waals surface area contributed by atoms with E-state index >= 15 is 0 Å². The molecule has 6 heteroatoms. The third kappa shape index (κ3) is 5.17. The maximum atomic E-state index is 12.5. The van der Waals surface area contributed by atoms with Gasteiger partial charge in [0.05, 0.1) is 18.8 Å². The average molecular weight is 295 g/mol. The first kappa shape index (κ1) is 17.1. The van der Waals surface area contributed by atoms with E-state index in [2.05, 4.69) is 0 Å². The highest BCUT2D eigenvalue weighted by Gasteiger charge is 2.17. The maximum Gasteiger partial charge on any atom is 0.335 e. The largest absolute Gasteiger partial charge is 0.478 e. The summed E-state index contributed by atoms with van der Waals surface area (Å²) < 4.78 is 9.99. The van der Waals surface area contributed by atoms with Gasteiger partial charge in [-0.3, -0.25) is 4.79 Å². The quantitative estimate of drug-likeness (QED) is 0.785. The summed E-state index contributed by atoms with van der Waals surface area (Å²) in [6, 6.07) is 4.61. The number of hydrogen-bond acceptors (Lipinski definition) is 4. The first-order valence-corrected chi connectivity index (χ1v) is 6.61. The average Bonchev–Trinajstić information content (AvgIpc) is 2.46. The van der Waals surface area contributed by atoms with Crippen molar-refractivity contribution in [3.8, 4) is 0 Å². The third-order valence-corrected chi connectivity index (χ3v) is 2.99. The molecule has 0 radical (unpaired) electrons. The highest BCUT2D eigenvalue weighted by atomic mass is 16.5. The summed E-state index contributed by atoms with van der Waals surface area (Å²) in [6.45, 7) is 3.43. The van der Waals surface area contributed by atoms with Gasteiger partial charge in [-0.15, -0.1) is 0 Å². The fourth-order valence-corrected chi connectivity index (χ4v) is 1.93. The van der Waals surface area contributed by atoms with Crippen LogP contribution in [0.5, 0.6) is 0 Å². The van der Waals surface area contributed by atoms with Crippen molar-refractivity contribution in [3.63, 3.8) is 0 Å². The summed E-state index contributed by atoms with van der Waals surface area (Å²) in [7, 11) is 3.13. The van der Waals surface area contributed by atoms with Gasteiger partial charge in [0.15, 0.2) is 0 Å². The summed E-state index contributed by atoms with van der Waals surface area (Å²) in [6.07, 6.45) is 0. The highest BCUT2D eigenvalue weighted by Crippen LogP contribution is 2.12. The molecule has 0 aliphatic rings. The van der Waals surface area contributed by atoms with Crippen LogP contribution < -0.4 is 0 Å². The van der Waals surface area contributed by atoms with Crippen molar-refractivity contribution in [2.45, 2.75) is 6.92 Å². The van der Waals surface area contributed by atoms with Crippen LogP contribution in [0, 0.1) is 6.92 Å². The zero-order valence-electron chi connectivity index (χ0n) is 12.6. The van der Waals surface area contributed by atoms with Crippen LogP contribution in [0.3, 0.4) is 0 Å². The van der Waals surface area contributed by atoms with Gasteiger partial charge >= 0.3 is 5.97 Å². The number of carbonyl (C=O) groups is 2. The Labute approximate surface area is 124 Å². The lowest BCUT2D eigenvalue weighted by molar-refractivity contribution is 0.0627. The van der Waals surface area contributed by atoms with Crippen molar-refractivity contribution in [3.05, 3.63) is 34.9 Å². The van der Waals surface area contributed by atoms with E-state index in [9.17, 15) is 9.59 Å². The van der Waals surface area contributed by atoms with Crippen LogP contribution >= 0.6 is 0 Å². The van der Waals surface area contributed by atoms with Gasteiger partial charge in [-0.05, 0) is 30.7 Å². The minimum Gasteiger partial charge on any atom is -0.478 e. The van der Waals surface area contributed by atoms with Crippen molar-refractivity contribution in [2.24, 2.45) is 0 Å². The molecule has 0 saturated carbocycles. The molecule has 0 aliphatic heterocycles. The van der Waals surface area contributed by atoms with Crippen LogP contribution in [0.4, 0.5) is 0 Å². The lowest BCUT2D eigenvalue weighted by Gasteiger charge is -2.22. The number of nitrogens with zero attached hydrogens (tertiary/aromatic N) is 1. The van der Waals surface area contributed by atoms with Crippen molar-refractivity contribution in [1.29, 1.82) is 0 Å². The number of aryl methyl sites for hydroxylation is 1. The molecular weight excluding hydrogens is 274 g/mol. The molecule has 0 heterocycles. The molecule has 0 unspecified atom stereocenters. The van der Waals surface area contributed by atoms with Crippen LogP contribution in [0.25, 0.3) is 0 Å². The number of ether oxygens (including phenoxy) is 2. The van der Waals surface area contributed by atoms with Gasteiger partial charge in [0.2, 0.25) is 0 Å². The third-order valence-electron chi connectivity index (χ3n) is 2.99. The van der Waals surface area contributed by atoms with E-state index in [-0.39, 0.29) is 11.5 Å². The Morgan fingerprint density at radius 1 is 1.05 bits per heavy atom. The number of carbonyl (C=O) groups excluding carboxylic acids is 1. The highest BCUT2D eigenvalue weighted by molar-refractivity contribution is 5.97. The van der Waals surface area contributed by atoms with Gasteiger partial charge in [-0.1, -0.05) is 0 Å². The zero-order valence-corrected chi connectivity index (χ0v) is 12.6. The molecule has 116 valence electrons. The van der Waals surface area contributed by atoms with E-state index in [0.717, 1.165) is 5.56 Å². The van der Waals surface area contributed by atoms with E-state index in [1.165, 1.54) is 12.1 Å². The van der Waals surface area contributed by atoms with Gasteiger partial charge in [0.25, 0.3) is 5.91 Å². The van der Waals surface area contributed by atoms with E-state index in [0.29, 0.717) is 31.9 Å². The van der Waals surface area contributed by atoms with Gasteiger partial charge < -0.3 is 19.5 Å². The molecule has 1 N–H and O–H groups in total. The van der Waals surface area contributed by atoms with Crippen molar-refractivity contribution >= 4 is 11.9 Å². The molecule has 0 aromatic heterocycles. The number of rotatable bonds is 8. The lowest BCUT2D eigenvalue weighted by atomic mass is 10.1. The smallest absolute Gasteiger partial charge is 0.335 e. The topological polar surface area (TPSA) is 76.1 Å². The Balaban J connectivity index is 2.98. The summed E-state index contributed by atoms with van der Waals surface area (Å²) in [5.74, 6) is -1.27. The van der Waals surface area contributed by atoms with E-state index < -0.39 is 5.97 Å². The van der Waals surface area contributed by atoms with Crippen molar-refractivity contribution in [1.82, 2.24) is 4.90 Å². The van der Waals surface area contributed by atoms with E-state index in [4.69, 9.17) is 14.6 Å². The number of aromatic carboxylic acids is 1. The first-order chi connectivity index (χ1) is 9.99. The predicted octanol–water partition coefficient (Wildman–Crippen LogP) is 1.43. The molecule has 0 atom stereocenters. The zero-order chi connectivity index (χ0) is 15.8. The maximum absolute atomic E-state index is 12.5. The van der Waals surface area contributed by atoms with Crippen molar-refractivity contribution in [2.75, 3.05) is 40.5 Å². The second-order valence-electron chi connectivity index (χ2n) is 4.67. The van der Waals surface area contributed by atoms with Gasteiger partial charge in [0.1, 0.15) is 0 Å². The van der Waals surface area contributed by atoms with Crippen LogP contribution in [0.2, 0.25) is 0 Å². The Bertz CT molecular complexity index is 493. The molecule has 0 saturated heterocycles. The van der Waals surface area contributed by atoms with Gasteiger partial charge in [-0.25, -0.2) is 4.79 Å². The fraction of sp³-hybridized carbons (Fsp3) is 0.467. The Hall–Kier alpha value is -1.92. The minimum absolute atomic E-state index is 0.108. The molecule has 1 aromatic carbocycles. The fourth-order valence-electron chi connectivity index (χ4n) is 1.93. The molecule has 0 bridgehead atoms. The van der Waals surface area contributed by atoms with Crippen LogP contribution in [0.1, 0.15) is 26.3 Å². The molecule has 0 spiro atoms. The van der Waals surface area contributed by atoms with Crippen LogP contribution in [-0.4, -0.2) is 62.4 Å². The summed E-state index contributed by atoms with van der Waals surface area (Å²) in [5, 5.41) is 9.07. The number of carboxylic acid groups (broad SMARTS) is 1. The Morgan fingerprint density at radius 2 is 1.57 bits per heavy atom. The standard InChI is InChI=1S/C15H21NO5/c1-11-8-12(10-13(9-11)15(18)19)14(17)16(4-6-20-2)5-7-21-3/h8-10H,4-7H2,1-3H3,(H,18,19). The van der Waals surface area contributed by atoms with Gasteiger partial charge in [-0.2, -0.15) is 0 Å². The number of carboxylic acids is 1. The second-order valence-corrected chi connectivity index (χ2v) is 4.67. The molecule has 1 amide bonds. The first-order valence-electron chi connectivity index (χ1n) is 6.61. The molecule has 1 aromatic rings. The monoisotopic (exact) mass is 295 g/mol. The summed E-state index contributed by atoms with van der Waals surface area (Å²) in [5.41, 5.74) is 1.20. The molecule has 0 aliphatic carbocycles. The van der Waals surface area contributed by atoms with Gasteiger partial charge in [0, 0.05) is 32.9 Å². The van der Waals surface area contributed by atoms with E-state index in [1.54, 1.807) is 32.1 Å². The van der Waals surface area contributed by atoms with E-state index in [1.807, 2.05) is 0 Å². The normalized spacial score (nSPS) is 10.4. The summed E-state index contributed by atoms with van der Waals surface area (Å²) in [4.78, 5) is 25.2.